The molecular weight excluding hydrogens is 262 g/mol. The lowest BCUT2D eigenvalue weighted by Crippen LogP contribution is -1.95. The Morgan fingerprint density at radius 2 is 1.90 bits per heavy atom. The number of nitrogens with zero attached hydrogens (tertiary/aromatic N) is 2. The molecule has 2 aromatic carbocycles. The van der Waals surface area contributed by atoms with Gasteiger partial charge in [0.1, 0.15) is 0 Å². The van der Waals surface area contributed by atoms with Gasteiger partial charge in [0.25, 0.3) is 0 Å². The van der Waals surface area contributed by atoms with E-state index in [1.807, 2.05) is 36.4 Å². The topological polar surface area (TPSA) is 64.9 Å². The third kappa shape index (κ3) is 3.28. The van der Waals surface area contributed by atoms with Gasteiger partial charge in [0.05, 0.1) is 6.42 Å². The van der Waals surface area contributed by atoms with Crippen molar-refractivity contribution in [1.82, 2.24) is 10.1 Å². The number of nitrogens with two attached hydrogens (primary N) is 1. The summed E-state index contributed by atoms with van der Waals surface area (Å²) >= 11 is 0. The molecule has 2 N–H and O–H groups in total. The number of rotatable bonds is 4. The summed E-state index contributed by atoms with van der Waals surface area (Å²) in [4.78, 5) is 4.45. The van der Waals surface area contributed by atoms with Crippen molar-refractivity contribution >= 4 is 5.69 Å². The largest absolute Gasteiger partial charge is 0.399 e. The lowest BCUT2D eigenvalue weighted by Gasteiger charge is -2.00. The molecule has 0 aliphatic carbocycles. The molecule has 3 aromatic rings. The maximum absolute atomic E-state index is 5.77. The number of aromatic nitrogens is 2. The molecule has 4 heteroatoms. The molecule has 4 nitrogen and oxygen atoms in total. The van der Waals surface area contributed by atoms with Gasteiger partial charge >= 0.3 is 0 Å². The maximum atomic E-state index is 5.77. The first kappa shape index (κ1) is 13.4. The zero-order valence-electron chi connectivity index (χ0n) is 11.9. The lowest BCUT2D eigenvalue weighted by molar-refractivity contribution is 0.380. The summed E-state index contributed by atoms with van der Waals surface area (Å²) in [6.07, 6.45) is 1.29. The summed E-state index contributed by atoms with van der Waals surface area (Å²) in [6.45, 7) is 2.09. The molecule has 0 saturated heterocycles. The Labute approximate surface area is 123 Å². The Kier molecular flexibility index (Phi) is 3.69. The molecule has 1 aromatic heterocycles. The van der Waals surface area contributed by atoms with Crippen LogP contribution in [0.15, 0.2) is 53.1 Å². The number of hydrogen-bond acceptors (Lipinski definition) is 4. The zero-order chi connectivity index (χ0) is 14.7. The fourth-order valence-corrected chi connectivity index (χ4v) is 2.29. The average molecular weight is 279 g/mol. The molecule has 1 heterocycles. The highest BCUT2D eigenvalue weighted by Gasteiger charge is 2.09. The molecule has 0 spiro atoms. The van der Waals surface area contributed by atoms with Crippen molar-refractivity contribution in [3.63, 3.8) is 0 Å². The highest BCUT2D eigenvalue weighted by molar-refractivity contribution is 5.41. The summed E-state index contributed by atoms with van der Waals surface area (Å²) in [6, 6.07) is 15.9. The number of anilines is 1. The number of nitrogen functional groups attached to an aromatic ring is 1. The molecule has 0 fully saturated rings. The van der Waals surface area contributed by atoms with Crippen LogP contribution >= 0.6 is 0 Å². The Morgan fingerprint density at radius 1 is 1.05 bits per heavy atom. The Balaban J connectivity index is 1.73. The van der Waals surface area contributed by atoms with Crippen LogP contribution in [0.3, 0.4) is 0 Å². The van der Waals surface area contributed by atoms with E-state index >= 15 is 0 Å². The van der Waals surface area contributed by atoms with Crippen LogP contribution in [0.1, 0.15) is 28.4 Å². The van der Waals surface area contributed by atoms with E-state index in [-0.39, 0.29) is 0 Å². The fourth-order valence-electron chi connectivity index (χ4n) is 2.29. The van der Waals surface area contributed by atoms with E-state index in [0.717, 1.165) is 11.3 Å². The third-order valence-electron chi connectivity index (χ3n) is 3.43. The molecule has 106 valence electrons. The van der Waals surface area contributed by atoms with E-state index in [1.165, 1.54) is 11.1 Å². The van der Waals surface area contributed by atoms with Crippen molar-refractivity contribution < 1.29 is 4.52 Å². The first-order chi connectivity index (χ1) is 10.2. The zero-order valence-corrected chi connectivity index (χ0v) is 11.9. The Bertz CT molecular complexity index is 749. The van der Waals surface area contributed by atoms with Crippen molar-refractivity contribution in [2.75, 3.05) is 5.73 Å². The minimum Gasteiger partial charge on any atom is -0.399 e. The molecule has 0 amide bonds. The summed E-state index contributed by atoms with van der Waals surface area (Å²) in [5.41, 5.74) is 10.0. The van der Waals surface area contributed by atoms with E-state index in [9.17, 15) is 0 Å². The molecule has 0 aliphatic heterocycles. The minimum absolute atomic E-state index is 0.603. The van der Waals surface area contributed by atoms with Crippen LogP contribution in [-0.4, -0.2) is 10.1 Å². The lowest BCUT2D eigenvalue weighted by atomic mass is 10.1. The smallest absolute Gasteiger partial charge is 0.231 e. The number of benzene rings is 2. The van der Waals surface area contributed by atoms with Crippen molar-refractivity contribution in [3.05, 3.63) is 76.9 Å². The van der Waals surface area contributed by atoms with Crippen LogP contribution in [0.25, 0.3) is 0 Å². The molecule has 0 saturated carbocycles. The van der Waals surface area contributed by atoms with Crippen molar-refractivity contribution in [1.29, 1.82) is 0 Å². The second-order valence-electron chi connectivity index (χ2n) is 5.13. The van der Waals surface area contributed by atoms with Gasteiger partial charge in [0, 0.05) is 12.1 Å². The van der Waals surface area contributed by atoms with Crippen LogP contribution in [0.5, 0.6) is 0 Å². The number of hydrogen-bond donors (Lipinski definition) is 1. The third-order valence-corrected chi connectivity index (χ3v) is 3.43. The summed E-state index contributed by atoms with van der Waals surface area (Å²) < 4.78 is 5.32. The predicted octanol–water partition coefficient (Wildman–Crippen LogP) is 3.14. The van der Waals surface area contributed by atoms with Gasteiger partial charge < -0.3 is 10.3 Å². The monoisotopic (exact) mass is 279 g/mol. The molecule has 0 bridgehead atoms. The molecular formula is C17H17N3O. The van der Waals surface area contributed by atoms with Gasteiger partial charge in [-0.15, -0.1) is 0 Å². The summed E-state index contributed by atoms with van der Waals surface area (Å²) in [5.74, 6) is 1.33. The minimum atomic E-state index is 0.603. The molecule has 3 rings (SSSR count). The Morgan fingerprint density at radius 3 is 2.71 bits per heavy atom. The molecule has 0 unspecified atom stereocenters. The highest BCUT2D eigenvalue weighted by atomic mass is 16.5. The average Bonchev–Trinajstić information content (AvgIpc) is 2.89. The van der Waals surface area contributed by atoms with Crippen LogP contribution in [-0.2, 0) is 12.8 Å². The second-order valence-corrected chi connectivity index (χ2v) is 5.13. The second kappa shape index (κ2) is 5.79. The van der Waals surface area contributed by atoms with Gasteiger partial charge in [0.15, 0.2) is 5.82 Å². The van der Waals surface area contributed by atoms with Gasteiger partial charge in [-0.1, -0.05) is 41.6 Å². The van der Waals surface area contributed by atoms with Crippen LogP contribution in [0.2, 0.25) is 0 Å². The molecule has 0 radical (unpaired) electrons. The van der Waals surface area contributed by atoms with Crippen molar-refractivity contribution in [3.8, 4) is 0 Å². The van der Waals surface area contributed by atoms with Crippen molar-refractivity contribution in [2.45, 2.75) is 19.8 Å². The van der Waals surface area contributed by atoms with E-state index in [1.54, 1.807) is 0 Å². The summed E-state index contributed by atoms with van der Waals surface area (Å²) in [5, 5.41) is 4.05. The Hall–Kier alpha value is -2.62. The van der Waals surface area contributed by atoms with Crippen LogP contribution < -0.4 is 5.73 Å². The fraction of sp³-hybridized carbons (Fsp3) is 0.176. The van der Waals surface area contributed by atoms with E-state index in [0.29, 0.717) is 24.6 Å². The molecule has 0 atom stereocenters. The van der Waals surface area contributed by atoms with Crippen LogP contribution in [0.4, 0.5) is 5.69 Å². The van der Waals surface area contributed by atoms with E-state index < -0.39 is 0 Å². The standard InChI is InChI=1S/C17H17N3O/c1-12-5-2-3-7-14(12)11-16-19-17(21-20-16)10-13-6-4-8-15(18)9-13/h2-9H,10-11,18H2,1H3. The van der Waals surface area contributed by atoms with Crippen LogP contribution in [0, 0.1) is 6.92 Å². The number of aryl methyl sites for hydroxylation is 1. The van der Waals surface area contributed by atoms with E-state index in [2.05, 4.69) is 29.2 Å². The van der Waals surface area contributed by atoms with Gasteiger partial charge in [0.2, 0.25) is 5.89 Å². The quantitative estimate of drug-likeness (QED) is 0.745. The summed E-state index contributed by atoms with van der Waals surface area (Å²) in [7, 11) is 0. The van der Waals surface area contributed by atoms with Crippen molar-refractivity contribution in [2.24, 2.45) is 0 Å². The molecule has 0 aliphatic rings. The van der Waals surface area contributed by atoms with Gasteiger partial charge in [-0.25, -0.2) is 0 Å². The van der Waals surface area contributed by atoms with E-state index in [4.69, 9.17) is 10.3 Å². The highest BCUT2D eigenvalue weighted by Crippen LogP contribution is 2.14. The normalized spacial score (nSPS) is 10.7. The van der Waals surface area contributed by atoms with Gasteiger partial charge in [-0.3, -0.25) is 0 Å². The molecule has 21 heavy (non-hydrogen) atoms. The maximum Gasteiger partial charge on any atom is 0.231 e. The van der Waals surface area contributed by atoms with Gasteiger partial charge in [-0.05, 0) is 35.7 Å². The predicted molar refractivity (Wildman–Crippen MR) is 81.9 cm³/mol. The SMILES string of the molecule is Cc1ccccc1Cc1noc(Cc2cccc(N)c2)n1. The first-order valence-corrected chi connectivity index (χ1v) is 6.91. The first-order valence-electron chi connectivity index (χ1n) is 6.91. The van der Waals surface area contributed by atoms with Gasteiger partial charge in [-0.2, -0.15) is 4.98 Å².